The highest BCUT2D eigenvalue weighted by atomic mass is 16.5. The van der Waals surface area contributed by atoms with Crippen molar-refractivity contribution < 1.29 is 4.74 Å². The van der Waals surface area contributed by atoms with Crippen LogP contribution < -0.4 is 9.64 Å². The van der Waals surface area contributed by atoms with Crippen LogP contribution >= 0.6 is 0 Å². The number of hydrogen-bond acceptors (Lipinski definition) is 4. The summed E-state index contributed by atoms with van der Waals surface area (Å²) < 4.78 is 5.46. The van der Waals surface area contributed by atoms with Gasteiger partial charge in [0.25, 0.3) is 0 Å². The molecule has 0 amide bonds. The highest BCUT2D eigenvalue weighted by Gasteiger charge is 2.18. The molecule has 1 aliphatic heterocycles. The van der Waals surface area contributed by atoms with E-state index in [-0.39, 0.29) is 0 Å². The Labute approximate surface area is 138 Å². The normalized spacial score (nSPS) is 15.2. The molecule has 1 aliphatic rings. The molecule has 0 spiro atoms. The Hall–Kier alpha value is -2.49. The minimum atomic E-state index is 0.917. The lowest BCUT2D eigenvalue weighted by Gasteiger charge is -2.35. The van der Waals surface area contributed by atoms with Crippen LogP contribution in [-0.2, 0) is 0 Å². The second-order valence-corrected chi connectivity index (χ2v) is 5.77. The number of para-hydroxylation sites is 2. The van der Waals surface area contributed by atoms with E-state index >= 15 is 0 Å². The van der Waals surface area contributed by atoms with E-state index in [2.05, 4.69) is 58.3 Å². The second kappa shape index (κ2) is 7.18. The number of piperazine rings is 1. The van der Waals surface area contributed by atoms with Crippen LogP contribution in [0, 0.1) is 6.92 Å². The molecule has 2 aromatic carbocycles. The summed E-state index contributed by atoms with van der Waals surface area (Å²) in [6, 6.07) is 16.6. The van der Waals surface area contributed by atoms with Crippen molar-refractivity contribution in [3.8, 4) is 5.75 Å². The van der Waals surface area contributed by atoms with Crippen LogP contribution in [0.4, 0.5) is 5.69 Å². The molecule has 0 aliphatic carbocycles. The maximum absolute atomic E-state index is 5.46. The van der Waals surface area contributed by atoms with Gasteiger partial charge in [0.2, 0.25) is 0 Å². The van der Waals surface area contributed by atoms with Crippen molar-refractivity contribution in [2.24, 2.45) is 5.10 Å². The molecule has 0 unspecified atom stereocenters. The molecule has 0 N–H and O–H groups in total. The van der Waals surface area contributed by atoms with Crippen molar-refractivity contribution in [1.82, 2.24) is 5.01 Å². The summed E-state index contributed by atoms with van der Waals surface area (Å²) in [5.74, 6) is 0.934. The first-order valence-electron chi connectivity index (χ1n) is 8.00. The Morgan fingerprint density at radius 2 is 1.65 bits per heavy atom. The van der Waals surface area contributed by atoms with Crippen molar-refractivity contribution in [3.05, 3.63) is 59.7 Å². The summed E-state index contributed by atoms with van der Waals surface area (Å²) in [7, 11) is 1.72. The molecule has 4 nitrogen and oxygen atoms in total. The Balaban J connectivity index is 1.59. The first-order valence-corrected chi connectivity index (χ1v) is 8.00. The number of methoxy groups -OCH3 is 1. The maximum Gasteiger partial charge on any atom is 0.142 e. The molecule has 2 aromatic rings. The van der Waals surface area contributed by atoms with E-state index in [1.807, 2.05) is 18.3 Å². The fourth-order valence-electron chi connectivity index (χ4n) is 2.74. The average molecular weight is 309 g/mol. The largest absolute Gasteiger partial charge is 0.495 e. The Kier molecular flexibility index (Phi) is 4.81. The van der Waals surface area contributed by atoms with Crippen LogP contribution in [0.2, 0.25) is 0 Å². The summed E-state index contributed by atoms with van der Waals surface area (Å²) in [4.78, 5) is 2.36. The lowest BCUT2D eigenvalue weighted by molar-refractivity contribution is 0.271. The first kappa shape index (κ1) is 15.4. The summed E-state index contributed by atoms with van der Waals surface area (Å²) in [5, 5.41) is 6.73. The van der Waals surface area contributed by atoms with E-state index in [4.69, 9.17) is 4.74 Å². The van der Waals surface area contributed by atoms with Crippen LogP contribution in [0.1, 0.15) is 11.1 Å². The highest BCUT2D eigenvalue weighted by Crippen LogP contribution is 2.28. The SMILES string of the molecule is COc1ccccc1N1CCN(/N=C\c2ccc(C)cc2)CC1. The molecule has 0 saturated carbocycles. The van der Waals surface area contributed by atoms with Gasteiger partial charge in [-0.25, -0.2) is 0 Å². The Morgan fingerprint density at radius 3 is 2.35 bits per heavy atom. The van der Waals surface area contributed by atoms with E-state index in [0.29, 0.717) is 0 Å². The minimum Gasteiger partial charge on any atom is -0.495 e. The van der Waals surface area contributed by atoms with E-state index in [0.717, 1.165) is 43.2 Å². The van der Waals surface area contributed by atoms with E-state index in [9.17, 15) is 0 Å². The van der Waals surface area contributed by atoms with Crippen molar-refractivity contribution in [3.63, 3.8) is 0 Å². The van der Waals surface area contributed by atoms with Gasteiger partial charge in [-0.15, -0.1) is 0 Å². The van der Waals surface area contributed by atoms with Crippen LogP contribution in [-0.4, -0.2) is 44.5 Å². The number of hydrogen-bond donors (Lipinski definition) is 0. The van der Waals surface area contributed by atoms with E-state index < -0.39 is 0 Å². The molecule has 0 aromatic heterocycles. The number of rotatable bonds is 4. The van der Waals surface area contributed by atoms with Gasteiger partial charge in [-0.3, -0.25) is 5.01 Å². The zero-order chi connectivity index (χ0) is 16.1. The molecule has 1 fully saturated rings. The molecule has 4 heteroatoms. The van der Waals surface area contributed by atoms with E-state index in [1.54, 1.807) is 7.11 Å². The maximum atomic E-state index is 5.46. The molecule has 0 atom stereocenters. The summed E-state index contributed by atoms with van der Waals surface area (Å²) in [5.41, 5.74) is 3.58. The molecule has 0 bridgehead atoms. The fourth-order valence-corrected chi connectivity index (χ4v) is 2.74. The van der Waals surface area contributed by atoms with Gasteiger partial charge in [-0.2, -0.15) is 5.10 Å². The Bertz CT molecular complexity index is 659. The monoisotopic (exact) mass is 309 g/mol. The molecule has 3 rings (SSSR count). The number of aryl methyl sites for hydroxylation is 1. The number of nitrogens with zero attached hydrogens (tertiary/aromatic N) is 3. The van der Waals surface area contributed by atoms with Gasteiger partial charge >= 0.3 is 0 Å². The lowest BCUT2D eigenvalue weighted by atomic mass is 10.2. The number of benzene rings is 2. The minimum absolute atomic E-state index is 0.917. The zero-order valence-corrected chi connectivity index (χ0v) is 13.8. The van der Waals surface area contributed by atoms with Crippen LogP contribution in [0.3, 0.4) is 0 Å². The van der Waals surface area contributed by atoms with Gasteiger partial charge in [0.1, 0.15) is 5.75 Å². The van der Waals surface area contributed by atoms with E-state index in [1.165, 1.54) is 5.56 Å². The third kappa shape index (κ3) is 3.83. The van der Waals surface area contributed by atoms with Crippen molar-refractivity contribution in [2.45, 2.75) is 6.92 Å². The number of ether oxygens (including phenoxy) is 1. The molecule has 1 saturated heterocycles. The lowest BCUT2D eigenvalue weighted by Crippen LogP contribution is -2.44. The highest BCUT2D eigenvalue weighted by molar-refractivity contribution is 5.79. The van der Waals surface area contributed by atoms with Gasteiger partial charge in [-0.1, -0.05) is 42.0 Å². The summed E-state index contributed by atoms with van der Waals surface area (Å²) in [6.45, 7) is 5.83. The van der Waals surface area contributed by atoms with Crippen molar-refractivity contribution >= 4 is 11.9 Å². The standard InChI is InChI=1S/C19H23N3O/c1-16-7-9-17(10-8-16)15-20-22-13-11-21(12-14-22)18-5-3-4-6-19(18)23-2/h3-10,15H,11-14H2,1-2H3/b20-15-. The third-order valence-corrected chi connectivity index (χ3v) is 4.13. The van der Waals surface area contributed by atoms with Gasteiger partial charge in [0.15, 0.2) is 0 Å². The van der Waals surface area contributed by atoms with Gasteiger partial charge in [-0.05, 0) is 24.6 Å². The predicted octanol–water partition coefficient (Wildman–Crippen LogP) is 3.16. The molecular formula is C19H23N3O. The molecule has 1 heterocycles. The fraction of sp³-hybridized carbons (Fsp3) is 0.316. The predicted molar refractivity (Wildman–Crippen MR) is 95.6 cm³/mol. The number of hydrazone groups is 1. The average Bonchev–Trinajstić information content (AvgIpc) is 2.62. The van der Waals surface area contributed by atoms with Crippen LogP contribution in [0.5, 0.6) is 5.75 Å². The molecular weight excluding hydrogens is 286 g/mol. The quantitative estimate of drug-likeness (QED) is 0.812. The third-order valence-electron chi connectivity index (χ3n) is 4.13. The summed E-state index contributed by atoms with van der Waals surface area (Å²) >= 11 is 0. The van der Waals surface area contributed by atoms with Crippen LogP contribution in [0.15, 0.2) is 53.6 Å². The Morgan fingerprint density at radius 1 is 0.957 bits per heavy atom. The summed E-state index contributed by atoms with van der Waals surface area (Å²) in [6.07, 6.45) is 1.94. The molecule has 0 radical (unpaired) electrons. The molecule has 120 valence electrons. The van der Waals surface area contributed by atoms with Crippen molar-refractivity contribution in [1.29, 1.82) is 0 Å². The zero-order valence-electron chi connectivity index (χ0n) is 13.8. The van der Waals surface area contributed by atoms with Gasteiger partial charge in [0, 0.05) is 13.1 Å². The van der Waals surface area contributed by atoms with Crippen molar-refractivity contribution in [2.75, 3.05) is 38.2 Å². The second-order valence-electron chi connectivity index (χ2n) is 5.77. The smallest absolute Gasteiger partial charge is 0.142 e. The molecule has 23 heavy (non-hydrogen) atoms. The van der Waals surface area contributed by atoms with Gasteiger partial charge in [0.05, 0.1) is 32.1 Å². The number of anilines is 1. The first-order chi connectivity index (χ1) is 11.3. The topological polar surface area (TPSA) is 28.1 Å². The van der Waals surface area contributed by atoms with Gasteiger partial charge < -0.3 is 9.64 Å². The van der Waals surface area contributed by atoms with Crippen LogP contribution in [0.25, 0.3) is 0 Å².